The lowest BCUT2D eigenvalue weighted by atomic mass is 10.1. The van der Waals surface area contributed by atoms with E-state index in [2.05, 4.69) is 28.9 Å². The highest BCUT2D eigenvalue weighted by atomic mass is 16.4. The number of amidine groups is 1. The topological polar surface area (TPSA) is 74.7 Å². The summed E-state index contributed by atoms with van der Waals surface area (Å²) < 4.78 is 0. The first-order chi connectivity index (χ1) is 9.71. The number of nitrogens with two attached hydrogens (primary N) is 1. The molecular formula is C15H20N4O. The van der Waals surface area contributed by atoms with Crippen LogP contribution in [0.5, 0.6) is 0 Å². The highest BCUT2D eigenvalue weighted by Crippen LogP contribution is 2.23. The first-order valence-electron chi connectivity index (χ1n) is 6.83. The van der Waals surface area contributed by atoms with Crippen molar-refractivity contribution in [2.24, 2.45) is 10.9 Å². The molecule has 0 bridgehead atoms. The molecule has 1 heterocycles. The lowest BCUT2D eigenvalue weighted by Gasteiger charge is -2.22. The summed E-state index contributed by atoms with van der Waals surface area (Å²) in [5, 5.41) is 13.0. The lowest BCUT2D eigenvalue weighted by Crippen LogP contribution is -2.25. The number of oxime groups is 1. The summed E-state index contributed by atoms with van der Waals surface area (Å²) in [7, 11) is 0. The first kappa shape index (κ1) is 14.1. The van der Waals surface area contributed by atoms with Crippen LogP contribution in [0.1, 0.15) is 25.8 Å². The number of hydrogen-bond donors (Lipinski definition) is 2. The van der Waals surface area contributed by atoms with Gasteiger partial charge in [-0.25, -0.2) is 4.98 Å². The standard InChI is InChI=1S/C15H20N4O/c1-3-9-19(4-2)14-10-12(15(16)18-20)11-7-5-6-8-13(11)17-14/h5-8,10,20H,3-4,9H2,1-2H3,(H2,16,18). The second-order valence-electron chi connectivity index (χ2n) is 4.61. The molecule has 0 aliphatic heterocycles. The van der Waals surface area contributed by atoms with Crippen LogP contribution in [0, 0.1) is 0 Å². The summed E-state index contributed by atoms with van der Waals surface area (Å²) in [5.41, 5.74) is 7.36. The molecule has 0 amide bonds. The van der Waals surface area contributed by atoms with Crippen molar-refractivity contribution in [3.8, 4) is 0 Å². The van der Waals surface area contributed by atoms with Crippen LogP contribution < -0.4 is 10.6 Å². The van der Waals surface area contributed by atoms with Crippen LogP contribution in [0.2, 0.25) is 0 Å². The quantitative estimate of drug-likeness (QED) is 0.379. The van der Waals surface area contributed by atoms with Gasteiger partial charge in [0.2, 0.25) is 0 Å². The van der Waals surface area contributed by atoms with Gasteiger partial charge in [-0.05, 0) is 25.5 Å². The monoisotopic (exact) mass is 272 g/mol. The van der Waals surface area contributed by atoms with Gasteiger partial charge in [0.15, 0.2) is 5.84 Å². The van der Waals surface area contributed by atoms with Crippen LogP contribution in [0.4, 0.5) is 5.82 Å². The molecule has 1 aromatic heterocycles. The summed E-state index contributed by atoms with van der Waals surface area (Å²) in [4.78, 5) is 6.86. The van der Waals surface area contributed by atoms with Gasteiger partial charge in [0.05, 0.1) is 5.52 Å². The van der Waals surface area contributed by atoms with Gasteiger partial charge in [0, 0.05) is 24.0 Å². The van der Waals surface area contributed by atoms with E-state index in [1.165, 1.54) is 0 Å². The fourth-order valence-electron chi connectivity index (χ4n) is 2.29. The van der Waals surface area contributed by atoms with Gasteiger partial charge in [-0.15, -0.1) is 0 Å². The van der Waals surface area contributed by atoms with Gasteiger partial charge in [-0.3, -0.25) is 0 Å². The molecule has 0 saturated carbocycles. The summed E-state index contributed by atoms with van der Waals surface area (Å²) in [6.07, 6.45) is 1.04. The van der Waals surface area contributed by atoms with Crippen molar-refractivity contribution in [1.82, 2.24) is 4.98 Å². The third-order valence-corrected chi connectivity index (χ3v) is 3.29. The predicted molar refractivity (Wildman–Crippen MR) is 82.4 cm³/mol. The molecule has 0 radical (unpaired) electrons. The molecule has 106 valence electrons. The number of para-hydroxylation sites is 1. The predicted octanol–water partition coefficient (Wildman–Crippen LogP) is 2.57. The van der Waals surface area contributed by atoms with Gasteiger partial charge in [-0.1, -0.05) is 30.3 Å². The maximum atomic E-state index is 8.97. The summed E-state index contributed by atoms with van der Waals surface area (Å²) >= 11 is 0. The number of anilines is 1. The average molecular weight is 272 g/mol. The molecule has 3 N–H and O–H groups in total. The van der Waals surface area contributed by atoms with E-state index < -0.39 is 0 Å². The second-order valence-corrected chi connectivity index (χ2v) is 4.61. The van der Waals surface area contributed by atoms with Crippen LogP contribution in [-0.4, -0.2) is 29.1 Å². The molecule has 0 fully saturated rings. The Labute approximate surface area is 118 Å². The Balaban J connectivity index is 2.63. The minimum Gasteiger partial charge on any atom is -0.409 e. The van der Waals surface area contributed by atoms with E-state index in [1.54, 1.807) is 0 Å². The van der Waals surface area contributed by atoms with Crippen molar-refractivity contribution in [3.63, 3.8) is 0 Å². The van der Waals surface area contributed by atoms with Crippen molar-refractivity contribution >= 4 is 22.6 Å². The molecule has 2 rings (SSSR count). The zero-order valence-electron chi connectivity index (χ0n) is 11.9. The largest absolute Gasteiger partial charge is 0.409 e. The van der Waals surface area contributed by atoms with Gasteiger partial charge in [0.1, 0.15) is 5.82 Å². The van der Waals surface area contributed by atoms with E-state index in [4.69, 9.17) is 10.9 Å². The molecule has 2 aromatic rings. The molecule has 0 aliphatic carbocycles. The third kappa shape index (κ3) is 2.66. The van der Waals surface area contributed by atoms with Gasteiger partial charge < -0.3 is 15.8 Å². The van der Waals surface area contributed by atoms with E-state index in [9.17, 15) is 0 Å². The van der Waals surface area contributed by atoms with E-state index in [0.717, 1.165) is 36.2 Å². The Bertz CT molecular complexity index is 624. The molecule has 5 nitrogen and oxygen atoms in total. The van der Waals surface area contributed by atoms with Crippen LogP contribution in [-0.2, 0) is 0 Å². The average Bonchev–Trinajstić information content (AvgIpc) is 2.50. The van der Waals surface area contributed by atoms with Crippen molar-refractivity contribution in [1.29, 1.82) is 0 Å². The summed E-state index contributed by atoms with van der Waals surface area (Å²) in [5.74, 6) is 0.965. The van der Waals surface area contributed by atoms with Crippen LogP contribution in [0.3, 0.4) is 0 Å². The number of hydrogen-bond acceptors (Lipinski definition) is 4. The molecule has 0 atom stereocenters. The summed E-state index contributed by atoms with van der Waals surface area (Å²) in [6, 6.07) is 9.60. The highest BCUT2D eigenvalue weighted by Gasteiger charge is 2.12. The Hall–Kier alpha value is -2.30. The lowest BCUT2D eigenvalue weighted by molar-refractivity contribution is 0.318. The van der Waals surface area contributed by atoms with Gasteiger partial charge >= 0.3 is 0 Å². The van der Waals surface area contributed by atoms with E-state index in [-0.39, 0.29) is 5.84 Å². The smallest absolute Gasteiger partial charge is 0.170 e. The normalized spacial score (nSPS) is 11.8. The van der Waals surface area contributed by atoms with Crippen LogP contribution >= 0.6 is 0 Å². The zero-order valence-corrected chi connectivity index (χ0v) is 11.9. The van der Waals surface area contributed by atoms with Crippen molar-refractivity contribution in [3.05, 3.63) is 35.9 Å². The minimum atomic E-state index is 0.109. The number of pyridine rings is 1. The van der Waals surface area contributed by atoms with Crippen molar-refractivity contribution in [2.75, 3.05) is 18.0 Å². The Kier molecular flexibility index (Phi) is 4.40. The SMILES string of the molecule is CCCN(CC)c1cc(C(N)=NO)c2ccccc2n1. The summed E-state index contributed by atoms with van der Waals surface area (Å²) in [6.45, 7) is 6.02. The number of nitrogens with zero attached hydrogens (tertiary/aromatic N) is 3. The first-order valence-corrected chi connectivity index (χ1v) is 6.83. The Morgan fingerprint density at radius 2 is 2.10 bits per heavy atom. The zero-order chi connectivity index (χ0) is 14.5. The Morgan fingerprint density at radius 1 is 1.35 bits per heavy atom. The fraction of sp³-hybridized carbons (Fsp3) is 0.333. The number of fused-ring (bicyclic) bond motifs is 1. The number of benzene rings is 1. The van der Waals surface area contributed by atoms with Gasteiger partial charge in [-0.2, -0.15) is 0 Å². The molecule has 0 aliphatic rings. The van der Waals surface area contributed by atoms with E-state index in [1.807, 2.05) is 30.3 Å². The van der Waals surface area contributed by atoms with Crippen molar-refractivity contribution in [2.45, 2.75) is 20.3 Å². The maximum absolute atomic E-state index is 8.97. The molecule has 0 saturated heterocycles. The number of aromatic nitrogens is 1. The van der Waals surface area contributed by atoms with Gasteiger partial charge in [0.25, 0.3) is 0 Å². The molecule has 5 heteroatoms. The van der Waals surface area contributed by atoms with Crippen LogP contribution in [0.15, 0.2) is 35.5 Å². The Morgan fingerprint density at radius 3 is 2.75 bits per heavy atom. The molecule has 0 spiro atoms. The minimum absolute atomic E-state index is 0.109. The molecule has 20 heavy (non-hydrogen) atoms. The fourth-order valence-corrected chi connectivity index (χ4v) is 2.29. The molecule has 0 unspecified atom stereocenters. The second kappa shape index (κ2) is 6.23. The van der Waals surface area contributed by atoms with Crippen molar-refractivity contribution < 1.29 is 5.21 Å². The third-order valence-electron chi connectivity index (χ3n) is 3.29. The number of rotatable bonds is 5. The molecular weight excluding hydrogens is 252 g/mol. The van der Waals surface area contributed by atoms with Crippen LogP contribution in [0.25, 0.3) is 10.9 Å². The van der Waals surface area contributed by atoms with E-state index in [0.29, 0.717) is 5.56 Å². The molecule has 1 aromatic carbocycles. The highest BCUT2D eigenvalue weighted by molar-refractivity contribution is 6.08. The maximum Gasteiger partial charge on any atom is 0.170 e. The van der Waals surface area contributed by atoms with E-state index >= 15 is 0 Å².